The summed E-state index contributed by atoms with van der Waals surface area (Å²) < 4.78 is 29.1. The average Bonchev–Trinajstić information content (AvgIpc) is 2.43. The van der Waals surface area contributed by atoms with Crippen LogP contribution in [-0.4, -0.2) is 42.9 Å². The quantitative estimate of drug-likeness (QED) is 0.438. The fourth-order valence-corrected chi connectivity index (χ4v) is 3.42. The highest BCUT2D eigenvalue weighted by molar-refractivity contribution is 7.86. The van der Waals surface area contributed by atoms with Crippen molar-refractivity contribution in [1.29, 1.82) is 0 Å². The number of nitro groups is 1. The third-order valence-corrected chi connectivity index (χ3v) is 5.00. The van der Waals surface area contributed by atoms with Crippen LogP contribution in [0.25, 0.3) is 0 Å². The second-order valence-electron chi connectivity index (χ2n) is 4.86. The van der Waals surface area contributed by atoms with Crippen LogP contribution < -0.4 is 0 Å². The lowest BCUT2D eigenvalue weighted by Gasteiger charge is -2.41. The summed E-state index contributed by atoms with van der Waals surface area (Å²) >= 11 is 0. The molecule has 0 unspecified atom stereocenters. The Morgan fingerprint density at radius 2 is 1.86 bits per heavy atom. The van der Waals surface area contributed by atoms with Gasteiger partial charge in [0.05, 0.1) is 15.9 Å². The van der Waals surface area contributed by atoms with E-state index in [4.69, 9.17) is 14.4 Å². The second-order valence-corrected chi connectivity index (χ2v) is 6.44. The van der Waals surface area contributed by atoms with Gasteiger partial charge in [-0.3, -0.25) is 14.3 Å². The number of nitrogens with zero attached hydrogens (tertiary/aromatic N) is 1. The molecule has 8 nitrogen and oxygen atoms in total. The van der Waals surface area contributed by atoms with Crippen molar-refractivity contribution in [2.75, 3.05) is 13.2 Å². The van der Waals surface area contributed by atoms with Crippen LogP contribution in [-0.2, 0) is 14.3 Å². The minimum absolute atomic E-state index is 0.136. The number of aliphatic hydroxyl groups is 2. The van der Waals surface area contributed by atoms with Crippen molar-refractivity contribution in [3.63, 3.8) is 0 Å². The van der Waals surface area contributed by atoms with Crippen molar-refractivity contribution >= 4 is 15.8 Å². The molecule has 0 bridgehead atoms. The van der Waals surface area contributed by atoms with E-state index in [0.717, 1.165) is 24.3 Å². The molecule has 3 atom stereocenters. The zero-order chi connectivity index (χ0) is 15.6. The minimum atomic E-state index is -4.05. The molecular weight excluding hydrogens is 302 g/mol. The Kier molecular flexibility index (Phi) is 4.57. The Morgan fingerprint density at radius 3 is 2.33 bits per heavy atom. The molecule has 1 aromatic carbocycles. The normalized spacial score (nSPS) is 25.3. The van der Waals surface area contributed by atoms with Crippen LogP contribution in [0.1, 0.15) is 6.42 Å². The SMILES string of the molecule is O=[N+]([O-])c1ccc(S(=O)(=O)O[C@H]2C[C@H](CO)[C@H]2CO)cc1. The molecule has 0 amide bonds. The van der Waals surface area contributed by atoms with Gasteiger partial charge < -0.3 is 10.2 Å². The maximum absolute atomic E-state index is 12.0. The molecule has 0 aromatic heterocycles. The number of hydrogen-bond acceptors (Lipinski definition) is 7. The van der Waals surface area contributed by atoms with E-state index >= 15 is 0 Å². The van der Waals surface area contributed by atoms with Gasteiger partial charge in [0.1, 0.15) is 0 Å². The molecular formula is C12H15NO7S. The summed E-state index contributed by atoms with van der Waals surface area (Å²) in [5.41, 5.74) is -0.217. The molecule has 21 heavy (non-hydrogen) atoms. The number of non-ortho nitro benzene ring substituents is 1. The van der Waals surface area contributed by atoms with Gasteiger partial charge in [-0.05, 0) is 24.5 Å². The number of nitro benzene ring substituents is 1. The van der Waals surface area contributed by atoms with Crippen molar-refractivity contribution < 1.29 is 27.7 Å². The van der Waals surface area contributed by atoms with Crippen LogP contribution in [0.3, 0.4) is 0 Å². The van der Waals surface area contributed by atoms with E-state index in [0.29, 0.717) is 6.42 Å². The van der Waals surface area contributed by atoms with Crippen LogP contribution in [0, 0.1) is 22.0 Å². The summed E-state index contributed by atoms with van der Waals surface area (Å²) in [7, 11) is -4.05. The van der Waals surface area contributed by atoms with E-state index in [-0.39, 0.29) is 29.7 Å². The van der Waals surface area contributed by atoms with Crippen molar-refractivity contribution in [2.45, 2.75) is 17.4 Å². The molecule has 0 saturated heterocycles. The Bertz CT molecular complexity index is 613. The molecule has 2 N–H and O–H groups in total. The molecule has 1 fully saturated rings. The first-order chi connectivity index (χ1) is 9.89. The lowest BCUT2D eigenvalue weighted by Crippen LogP contribution is -2.47. The van der Waals surface area contributed by atoms with E-state index in [1.165, 1.54) is 0 Å². The van der Waals surface area contributed by atoms with Crippen molar-refractivity contribution in [2.24, 2.45) is 11.8 Å². The predicted octanol–water partition coefficient (Wildman–Crippen LogP) is 0.289. The predicted molar refractivity (Wildman–Crippen MR) is 70.9 cm³/mol. The lowest BCUT2D eigenvalue weighted by atomic mass is 9.72. The lowest BCUT2D eigenvalue weighted by molar-refractivity contribution is -0.384. The largest absolute Gasteiger partial charge is 0.396 e. The van der Waals surface area contributed by atoms with E-state index in [2.05, 4.69) is 0 Å². The summed E-state index contributed by atoms with van der Waals surface area (Å²) in [6, 6.07) is 4.36. The van der Waals surface area contributed by atoms with Gasteiger partial charge in [0.15, 0.2) is 0 Å². The van der Waals surface area contributed by atoms with Gasteiger partial charge in [-0.25, -0.2) is 0 Å². The van der Waals surface area contributed by atoms with Crippen molar-refractivity contribution in [3.8, 4) is 0 Å². The first-order valence-corrected chi connectivity index (χ1v) is 7.69. The second kappa shape index (κ2) is 6.06. The van der Waals surface area contributed by atoms with Crippen LogP contribution in [0.4, 0.5) is 5.69 Å². The number of hydrogen-bond donors (Lipinski definition) is 2. The maximum atomic E-state index is 12.0. The van der Waals surface area contributed by atoms with Gasteiger partial charge >= 0.3 is 0 Å². The third kappa shape index (κ3) is 3.21. The van der Waals surface area contributed by atoms with Gasteiger partial charge in [0.2, 0.25) is 0 Å². The zero-order valence-corrected chi connectivity index (χ0v) is 11.8. The van der Waals surface area contributed by atoms with Crippen LogP contribution >= 0.6 is 0 Å². The smallest absolute Gasteiger partial charge is 0.297 e. The summed E-state index contributed by atoms with van der Waals surface area (Å²) in [5, 5.41) is 28.7. The fourth-order valence-electron chi connectivity index (χ4n) is 2.30. The Hall–Kier alpha value is -1.55. The molecule has 0 spiro atoms. The Morgan fingerprint density at radius 1 is 1.24 bits per heavy atom. The summed E-state index contributed by atoms with van der Waals surface area (Å²) in [6.07, 6.45) is -0.346. The van der Waals surface area contributed by atoms with Gasteiger partial charge in [0.25, 0.3) is 15.8 Å². The topological polar surface area (TPSA) is 127 Å². The van der Waals surface area contributed by atoms with Crippen LogP contribution in [0.15, 0.2) is 29.2 Å². The van der Waals surface area contributed by atoms with E-state index < -0.39 is 27.1 Å². The summed E-state index contributed by atoms with van der Waals surface area (Å²) in [6.45, 7) is -0.408. The molecule has 2 rings (SSSR count). The first kappa shape index (κ1) is 15.8. The standard InChI is InChI=1S/C12H15NO7S/c14-6-8-5-12(11(8)7-15)20-21(18,19)10-3-1-9(2-4-10)13(16)17/h1-4,8,11-12,14-15H,5-7H2/t8-,11-,12+/m1/s1. The van der Waals surface area contributed by atoms with Crippen LogP contribution in [0.5, 0.6) is 0 Å². The zero-order valence-electron chi connectivity index (χ0n) is 11.0. The Labute approximate surface area is 121 Å². The van der Waals surface area contributed by atoms with Crippen molar-refractivity contribution in [3.05, 3.63) is 34.4 Å². The number of rotatable bonds is 6. The molecule has 1 aliphatic carbocycles. The molecule has 1 saturated carbocycles. The average molecular weight is 317 g/mol. The van der Waals surface area contributed by atoms with Crippen molar-refractivity contribution in [1.82, 2.24) is 0 Å². The summed E-state index contributed by atoms with van der Waals surface area (Å²) in [4.78, 5) is 9.71. The van der Waals surface area contributed by atoms with Crippen LogP contribution in [0.2, 0.25) is 0 Å². The minimum Gasteiger partial charge on any atom is -0.396 e. The highest BCUT2D eigenvalue weighted by atomic mass is 32.2. The molecule has 0 radical (unpaired) electrons. The maximum Gasteiger partial charge on any atom is 0.297 e. The Balaban J connectivity index is 2.10. The highest BCUT2D eigenvalue weighted by Gasteiger charge is 2.43. The molecule has 0 heterocycles. The molecule has 0 aliphatic heterocycles. The van der Waals surface area contributed by atoms with Gasteiger partial charge in [-0.15, -0.1) is 0 Å². The molecule has 1 aliphatic rings. The number of aliphatic hydroxyl groups excluding tert-OH is 2. The van der Waals surface area contributed by atoms with E-state index in [1.807, 2.05) is 0 Å². The fraction of sp³-hybridized carbons (Fsp3) is 0.500. The number of benzene rings is 1. The third-order valence-electron chi connectivity index (χ3n) is 3.65. The highest BCUT2D eigenvalue weighted by Crippen LogP contribution is 2.38. The van der Waals surface area contributed by atoms with Gasteiger partial charge in [0, 0.05) is 31.3 Å². The van der Waals surface area contributed by atoms with E-state index in [1.54, 1.807) is 0 Å². The first-order valence-electron chi connectivity index (χ1n) is 6.28. The molecule has 9 heteroatoms. The van der Waals surface area contributed by atoms with E-state index in [9.17, 15) is 18.5 Å². The molecule has 116 valence electrons. The van der Waals surface area contributed by atoms with Gasteiger partial charge in [-0.2, -0.15) is 8.42 Å². The molecule has 1 aromatic rings. The monoisotopic (exact) mass is 317 g/mol. The van der Waals surface area contributed by atoms with Gasteiger partial charge in [-0.1, -0.05) is 0 Å². The summed E-state index contributed by atoms with van der Waals surface area (Å²) in [5.74, 6) is -0.602.